The number of nitrogens with one attached hydrogen (secondary N) is 1. The quantitative estimate of drug-likeness (QED) is 0.855. The average Bonchev–Trinajstić information content (AvgIpc) is 3.07. The number of carbonyl (C=O) groups excluding carboxylic acids is 1. The Labute approximate surface area is 124 Å². The Morgan fingerprint density at radius 3 is 2.43 bits per heavy atom. The predicted molar refractivity (Wildman–Crippen MR) is 81.4 cm³/mol. The van der Waals surface area contributed by atoms with Crippen LogP contribution in [-0.4, -0.2) is 32.9 Å². The third kappa shape index (κ3) is 3.31. The van der Waals surface area contributed by atoms with Crippen LogP contribution in [0, 0.1) is 0 Å². The van der Waals surface area contributed by atoms with E-state index in [4.69, 9.17) is 0 Å². The van der Waals surface area contributed by atoms with Crippen LogP contribution >= 0.6 is 0 Å². The number of amides is 1. The summed E-state index contributed by atoms with van der Waals surface area (Å²) < 4.78 is 1.73. The highest BCUT2D eigenvalue weighted by Crippen LogP contribution is 2.16. The Kier molecular flexibility index (Phi) is 4.75. The van der Waals surface area contributed by atoms with Crippen LogP contribution in [-0.2, 0) is 0 Å². The van der Waals surface area contributed by atoms with Crippen molar-refractivity contribution in [3.05, 3.63) is 48.3 Å². The summed E-state index contributed by atoms with van der Waals surface area (Å²) in [6.45, 7) is 3.86. The predicted octanol–water partition coefficient (Wildman–Crippen LogP) is 2.15. The van der Waals surface area contributed by atoms with Crippen LogP contribution in [0.3, 0.4) is 0 Å². The van der Waals surface area contributed by atoms with Crippen LogP contribution in [0.2, 0.25) is 0 Å². The summed E-state index contributed by atoms with van der Waals surface area (Å²) in [5, 5.41) is 16.6. The topological polar surface area (TPSA) is 67.2 Å². The van der Waals surface area contributed by atoms with Gasteiger partial charge < -0.3 is 10.4 Å². The van der Waals surface area contributed by atoms with E-state index < -0.39 is 5.54 Å². The Morgan fingerprint density at radius 2 is 1.95 bits per heavy atom. The molecular weight excluding hydrogens is 266 g/mol. The molecule has 0 bridgehead atoms. The lowest BCUT2D eigenvalue weighted by molar-refractivity contribution is 0.0818. The van der Waals surface area contributed by atoms with Gasteiger partial charge in [-0.25, -0.2) is 4.68 Å². The van der Waals surface area contributed by atoms with Crippen LogP contribution in [0.25, 0.3) is 5.69 Å². The number of aliphatic hydroxyl groups is 1. The Morgan fingerprint density at radius 1 is 1.29 bits per heavy atom. The van der Waals surface area contributed by atoms with Gasteiger partial charge in [0.2, 0.25) is 0 Å². The second kappa shape index (κ2) is 6.54. The van der Waals surface area contributed by atoms with Crippen LogP contribution in [0.15, 0.2) is 42.7 Å². The summed E-state index contributed by atoms with van der Waals surface area (Å²) in [4.78, 5) is 12.3. The normalized spacial score (nSPS) is 11.4. The number of nitrogens with zero attached hydrogens (tertiary/aromatic N) is 2. The molecule has 2 rings (SSSR count). The van der Waals surface area contributed by atoms with Crippen molar-refractivity contribution in [2.45, 2.75) is 32.2 Å². The second-order valence-electron chi connectivity index (χ2n) is 5.10. The number of hydrogen-bond acceptors (Lipinski definition) is 3. The van der Waals surface area contributed by atoms with E-state index in [9.17, 15) is 9.90 Å². The number of carbonyl (C=O) groups is 1. The van der Waals surface area contributed by atoms with E-state index >= 15 is 0 Å². The molecule has 1 heterocycles. The van der Waals surface area contributed by atoms with Crippen molar-refractivity contribution in [1.29, 1.82) is 0 Å². The standard InChI is InChI=1S/C16H21N3O2/c1-3-16(4-2,12-20)18-15(21)13-6-8-14(9-7-13)19-11-5-10-17-19/h5-11,20H,3-4,12H2,1-2H3,(H,18,21). The molecule has 2 N–H and O–H groups in total. The zero-order valence-electron chi connectivity index (χ0n) is 12.4. The molecule has 5 nitrogen and oxygen atoms in total. The van der Waals surface area contributed by atoms with Gasteiger partial charge in [-0.1, -0.05) is 13.8 Å². The van der Waals surface area contributed by atoms with Gasteiger partial charge >= 0.3 is 0 Å². The first-order valence-corrected chi connectivity index (χ1v) is 7.17. The van der Waals surface area contributed by atoms with Gasteiger partial charge in [0.15, 0.2) is 0 Å². The molecule has 0 aliphatic carbocycles. The Hall–Kier alpha value is -2.14. The van der Waals surface area contributed by atoms with E-state index in [0.717, 1.165) is 5.69 Å². The minimum atomic E-state index is -0.544. The monoisotopic (exact) mass is 287 g/mol. The van der Waals surface area contributed by atoms with Crippen molar-refractivity contribution in [3.8, 4) is 5.69 Å². The molecule has 0 unspecified atom stereocenters. The van der Waals surface area contributed by atoms with E-state index in [1.165, 1.54) is 0 Å². The van der Waals surface area contributed by atoms with E-state index in [2.05, 4.69) is 10.4 Å². The van der Waals surface area contributed by atoms with Gasteiger partial charge in [0.05, 0.1) is 17.8 Å². The lowest BCUT2D eigenvalue weighted by Crippen LogP contribution is -2.50. The van der Waals surface area contributed by atoms with Crippen molar-refractivity contribution >= 4 is 5.91 Å². The minimum Gasteiger partial charge on any atom is -0.394 e. The molecule has 1 aromatic carbocycles. The van der Waals surface area contributed by atoms with Crippen molar-refractivity contribution in [1.82, 2.24) is 15.1 Å². The SMILES string of the molecule is CCC(CC)(CO)NC(=O)c1ccc(-n2cccn2)cc1. The molecule has 0 aliphatic heterocycles. The van der Waals surface area contributed by atoms with Crippen molar-refractivity contribution in [3.63, 3.8) is 0 Å². The van der Waals surface area contributed by atoms with E-state index in [1.807, 2.05) is 38.2 Å². The van der Waals surface area contributed by atoms with Gasteiger partial charge in [0, 0.05) is 18.0 Å². The first-order valence-electron chi connectivity index (χ1n) is 7.17. The molecule has 0 atom stereocenters. The lowest BCUT2D eigenvalue weighted by atomic mass is 9.93. The molecule has 0 saturated carbocycles. The molecule has 0 fully saturated rings. The molecule has 21 heavy (non-hydrogen) atoms. The molecule has 2 aromatic rings. The summed E-state index contributed by atoms with van der Waals surface area (Å²) in [6, 6.07) is 9.07. The summed E-state index contributed by atoms with van der Waals surface area (Å²) in [5.41, 5.74) is 0.930. The van der Waals surface area contributed by atoms with Crippen molar-refractivity contribution < 1.29 is 9.90 Å². The molecule has 1 amide bonds. The largest absolute Gasteiger partial charge is 0.394 e. The van der Waals surface area contributed by atoms with Crippen LogP contribution < -0.4 is 5.32 Å². The fourth-order valence-electron chi connectivity index (χ4n) is 2.19. The first-order chi connectivity index (χ1) is 10.1. The van der Waals surface area contributed by atoms with Crippen molar-refractivity contribution in [2.75, 3.05) is 6.61 Å². The average molecular weight is 287 g/mol. The van der Waals surface area contributed by atoms with Gasteiger partial charge in [-0.05, 0) is 43.2 Å². The number of aliphatic hydroxyl groups excluding tert-OH is 1. The van der Waals surface area contributed by atoms with Gasteiger partial charge in [-0.15, -0.1) is 0 Å². The van der Waals surface area contributed by atoms with Gasteiger partial charge in [0.25, 0.3) is 5.91 Å². The van der Waals surface area contributed by atoms with Crippen LogP contribution in [0.5, 0.6) is 0 Å². The van der Waals surface area contributed by atoms with Gasteiger partial charge in [-0.2, -0.15) is 5.10 Å². The fourth-order valence-corrected chi connectivity index (χ4v) is 2.19. The molecule has 0 spiro atoms. The summed E-state index contributed by atoms with van der Waals surface area (Å²) in [6.07, 6.45) is 4.94. The summed E-state index contributed by atoms with van der Waals surface area (Å²) in [5.74, 6) is -0.167. The summed E-state index contributed by atoms with van der Waals surface area (Å²) in [7, 11) is 0. The summed E-state index contributed by atoms with van der Waals surface area (Å²) >= 11 is 0. The van der Waals surface area contributed by atoms with Crippen LogP contribution in [0.1, 0.15) is 37.0 Å². The van der Waals surface area contributed by atoms with Gasteiger partial charge in [0.1, 0.15) is 0 Å². The molecule has 0 radical (unpaired) electrons. The van der Waals surface area contributed by atoms with E-state index in [-0.39, 0.29) is 12.5 Å². The van der Waals surface area contributed by atoms with Crippen LogP contribution in [0.4, 0.5) is 0 Å². The highest BCUT2D eigenvalue weighted by Gasteiger charge is 2.27. The Bertz CT molecular complexity index is 564. The molecule has 112 valence electrons. The minimum absolute atomic E-state index is 0.0584. The first kappa shape index (κ1) is 15.3. The van der Waals surface area contributed by atoms with E-state index in [0.29, 0.717) is 18.4 Å². The third-order valence-corrected chi connectivity index (χ3v) is 3.93. The number of rotatable bonds is 6. The Balaban J connectivity index is 2.13. The maximum Gasteiger partial charge on any atom is 0.251 e. The lowest BCUT2D eigenvalue weighted by Gasteiger charge is -2.30. The third-order valence-electron chi connectivity index (χ3n) is 3.93. The smallest absolute Gasteiger partial charge is 0.251 e. The fraction of sp³-hybridized carbons (Fsp3) is 0.375. The number of hydrogen-bond donors (Lipinski definition) is 2. The molecule has 1 aromatic heterocycles. The zero-order chi connectivity index (χ0) is 15.3. The highest BCUT2D eigenvalue weighted by atomic mass is 16.3. The maximum absolute atomic E-state index is 12.3. The highest BCUT2D eigenvalue weighted by molar-refractivity contribution is 5.94. The zero-order valence-corrected chi connectivity index (χ0v) is 12.4. The number of aromatic nitrogens is 2. The second-order valence-corrected chi connectivity index (χ2v) is 5.10. The van der Waals surface area contributed by atoms with Gasteiger partial charge in [-0.3, -0.25) is 4.79 Å². The van der Waals surface area contributed by atoms with E-state index in [1.54, 1.807) is 23.0 Å². The molecule has 5 heteroatoms. The molecule has 0 saturated heterocycles. The molecule has 0 aliphatic rings. The number of benzene rings is 1. The maximum atomic E-state index is 12.3. The molecular formula is C16H21N3O2. The van der Waals surface area contributed by atoms with Crippen molar-refractivity contribution in [2.24, 2.45) is 0 Å².